The average molecular weight is 324 g/mol. The molecular weight excluding hydrogens is 310 g/mol. The lowest BCUT2D eigenvalue weighted by molar-refractivity contribution is 0.553. The van der Waals surface area contributed by atoms with E-state index in [0.29, 0.717) is 5.02 Å². The van der Waals surface area contributed by atoms with Gasteiger partial charge in [-0.1, -0.05) is 11.6 Å². The summed E-state index contributed by atoms with van der Waals surface area (Å²) < 4.78 is 48.1. The van der Waals surface area contributed by atoms with Crippen molar-refractivity contribution in [3.8, 4) is 0 Å². The molecule has 8 heteroatoms. The maximum Gasteiger partial charge on any atom is 0.183 e. The second-order valence-corrected chi connectivity index (χ2v) is 9.27. The van der Waals surface area contributed by atoms with Crippen LogP contribution in [0.4, 0.5) is 0 Å². The van der Waals surface area contributed by atoms with Crippen molar-refractivity contribution in [2.75, 3.05) is 18.6 Å². The normalized spacial score (nSPS) is 26.4. The summed E-state index contributed by atoms with van der Waals surface area (Å²) in [5, 5.41) is 2.25. The van der Waals surface area contributed by atoms with Crippen molar-refractivity contribution < 1.29 is 16.8 Å². The molecule has 0 aromatic heterocycles. The van der Waals surface area contributed by atoms with E-state index < -0.39 is 31.0 Å². The molecule has 0 spiro atoms. The fourth-order valence-electron chi connectivity index (χ4n) is 2.19. The van der Waals surface area contributed by atoms with Crippen molar-refractivity contribution in [3.63, 3.8) is 0 Å². The summed E-state index contributed by atoms with van der Waals surface area (Å²) in [6.07, 6.45) is 0. The lowest BCUT2D eigenvalue weighted by Gasteiger charge is -2.17. The molecule has 0 radical (unpaired) electrons. The largest absolute Gasteiger partial charge is 0.315 e. The van der Waals surface area contributed by atoms with E-state index >= 15 is 0 Å². The summed E-state index contributed by atoms with van der Waals surface area (Å²) >= 11 is 5.72. The second-order valence-electron chi connectivity index (χ2n) is 4.51. The Morgan fingerprint density at radius 1 is 1.21 bits per heavy atom. The molecule has 19 heavy (non-hydrogen) atoms. The van der Waals surface area contributed by atoms with Gasteiger partial charge in [0.1, 0.15) is 0 Å². The Kier molecular flexibility index (Phi) is 3.92. The third-order valence-electron chi connectivity index (χ3n) is 3.21. The Balaban J connectivity index is 2.42. The Labute approximate surface area is 117 Å². The molecule has 0 unspecified atom stereocenters. The van der Waals surface area contributed by atoms with Gasteiger partial charge in [0.25, 0.3) is 0 Å². The minimum Gasteiger partial charge on any atom is -0.315 e. The van der Waals surface area contributed by atoms with E-state index in [1.54, 1.807) is 7.05 Å². The minimum absolute atomic E-state index is 0.0965. The minimum atomic E-state index is -3.69. The summed E-state index contributed by atoms with van der Waals surface area (Å²) in [5.41, 5.74) is 0. The van der Waals surface area contributed by atoms with Crippen LogP contribution in [0, 0.1) is 0 Å². The van der Waals surface area contributed by atoms with Gasteiger partial charge in [-0.3, -0.25) is 0 Å². The molecule has 1 aromatic rings. The molecule has 106 valence electrons. The quantitative estimate of drug-likeness (QED) is 0.876. The summed E-state index contributed by atoms with van der Waals surface area (Å²) in [6.45, 7) is 0. The molecule has 0 aliphatic carbocycles. The Hall–Kier alpha value is -0.630. The highest BCUT2D eigenvalue weighted by Crippen LogP contribution is 2.26. The average Bonchev–Trinajstić information content (AvgIpc) is 2.66. The molecule has 0 amide bonds. The third-order valence-corrected chi connectivity index (χ3v) is 7.63. The van der Waals surface area contributed by atoms with Crippen molar-refractivity contribution in [2.45, 2.75) is 16.2 Å². The number of rotatable bonds is 3. The smallest absolute Gasteiger partial charge is 0.183 e. The van der Waals surface area contributed by atoms with Crippen LogP contribution in [0.2, 0.25) is 5.02 Å². The number of benzene rings is 1. The van der Waals surface area contributed by atoms with Crippen LogP contribution in [0.5, 0.6) is 0 Å². The highest BCUT2D eigenvalue weighted by Gasteiger charge is 2.45. The number of nitrogens with one attached hydrogen (secondary N) is 1. The summed E-state index contributed by atoms with van der Waals surface area (Å²) in [6, 6.07) is 5.18. The second kappa shape index (κ2) is 5.05. The van der Waals surface area contributed by atoms with Crippen LogP contribution in [0.1, 0.15) is 0 Å². The maximum atomic E-state index is 12.5. The number of hydrogen-bond acceptors (Lipinski definition) is 5. The summed E-state index contributed by atoms with van der Waals surface area (Å²) in [5.74, 6) is -0.496. The first-order valence-corrected chi connectivity index (χ1v) is 9.38. The van der Waals surface area contributed by atoms with Gasteiger partial charge in [-0.05, 0) is 31.3 Å². The van der Waals surface area contributed by atoms with Gasteiger partial charge in [0.15, 0.2) is 19.7 Å². The van der Waals surface area contributed by atoms with E-state index in [0.717, 1.165) is 0 Å². The van der Waals surface area contributed by atoms with E-state index in [4.69, 9.17) is 11.6 Å². The molecule has 2 atom stereocenters. The van der Waals surface area contributed by atoms with Gasteiger partial charge < -0.3 is 5.32 Å². The van der Waals surface area contributed by atoms with Crippen LogP contribution in [-0.4, -0.2) is 46.7 Å². The lowest BCUT2D eigenvalue weighted by atomic mass is 10.3. The summed E-state index contributed by atoms with van der Waals surface area (Å²) in [4.78, 5) is 0.0965. The van der Waals surface area contributed by atoms with Crippen LogP contribution in [0.25, 0.3) is 0 Å². The molecule has 5 nitrogen and oxygen atoms in total. The standard InChI is InChI=1S/C11H14ClNO4S2/c1-13-10-6-18(14,15)7-11(10)19(16,17)9-4-2-8(12)3-5-9/h2-5,10-11,13H,6-7H2,1H3/t10-,11-/m0/s1. The highest BCUT2D eigenvalue weighted by molar-refractivity contribution is 7.96. The van der Waals surface area contributed by atoms with Gasteiger partial charge >= 0.3 is 0 Å². The van der Waals surface area contributed by atoms with Crippen molar-refractivity contribution in [1.82, 2.24) is 5.32 Å². The predicted molar refractivity (Wildman–Crippen MR) is 73.9 cm³/mol. The zero-order chi connectivity index (χ0) is 14.3. The van der Waals surface area contributed by atoms with Crippen molar-refractivity contribution in [3.05, 3.63) is 29.3 Å². The predicted octanol–water partition coefficient (Wildman–Crippen LogP) is 0.499. The van der Waals surface area contributed by atoms with Crippen LogP contribution in [-0.2, 0) is 19.7 Å². The Bertz CT molecular complexity index is 667. The highest BCUT2D eigenvalue weighted by atomic mass is 35.5. The molecule has 1 saturated heterocycles. The molecule has 1 N–H and O–H groups in total. The molecule has 0 bridgehead atoms. The number of hydrogen-bond donors (Lipinski definition) is 1. The molecule has 1 heterocycles. The van der Waals surface area contributed by atoms with Crippen LogP contribution in [0.3, 0.4) is 0 Å². The van der Waals surface area contributed by atoms with Gasteiger partial charge in [0.05, 0.1) is 21.7 Å². The van der Waals surface area contributed by atoms with Gasteiger partial charge in [-0.2, -0.15) is 0 Å². The fourth-order valence-corrected chi connectivity index (χ4v) is 7.12. The van der Waals surface area contributed by atoms with E-state index in [2.05, 4.69) is 5.32 Å². The van der Waals surface area contributed by atoms with Crippen LogP contribution in [0.15, 0.2) is 29.2 Å². The zero-order valence-electron chi connectivity index (χ0n) is 10.2. The van der Waals surface area contributed by atoms with Gasteiger partial charge in [0, 0.05) is 11.1 Å². The van der Waals surface area contributed by atoms with Crippen molar-refractivity contribution >= 4 is 31.3 Å². The van der Waals surface area contributed by atoms with E-state index in [1.807, 2.05) is 0 Å². The van der Waals surface area contributed by atoms with E-state index in [-0.39, 0.29) is 16.4 Å². The molecule has 0 saturated carbocycles. The van der Waals surface area contributed by atoms with E-state index in [1.165, 1.54) is 24.3 Å². The number of halogens is 1. The zero-order valence-corrected chi connectivity index (χ0v) is 12.6. The molecular formula is C11H14ClNO4S2. The molecule has 2 rings (SSSR count). The topological polar surface area (TPSA) is 80.3 Å². The van der Waals surface area contributed by atoms with Crippen LogP contribution >= 0.6 is 11.6 Å². The maximum absolute atomic E-state index is 12.5. The lowest BCUT2D eigenvalue weighted by Crippen LogP contribution is -2.41. The first kappa shape index (κ1) is 14.8. The van der Waals surface area contributed by atoms with Crippen molar-refractivity contribution in [1.29, 1.82) is 0 Å². The van der Waals surface area contributed by atoms with Gasteiger partial charge in [0.2, 0.25) is 0 Å². The fraction of sp³-hybridized carbons (Fsp3) is 0.455. The molecule has 1 aliphatic heterocycles. The molecule has 1 aliphatic rings. The van der Waals surface area contributed by atoms with E-state index in [9.17, 15) is 16.8 Å². The van der Waals surface area contributed by atoms with Crippen molar-refractivity contribution in [2.24, 2.45) is 0 Å². The van der Waals surface area contributed by atoms with Gasteiger partial charge in [-0.15, -0.1) is 0 Å². The van der Waals surface area contributed by atoms with Gasteiger partial charge in [-0.25, -0.2) is 16.8 Å². The molecule has 1 fully saturated rings. The third kappa shape index (κ3) is 2.94. The summed E-state index contributed by atoms with van der Waals surface area (Å²) in [7, 11) is -5.45. The Morgan fingerprint density at radius 3 is 2.32 bits per heavy atom. The SMILES string of the molecule is CN[C@H]1CS(=O)(=O)C[C@@H]1S(=O)(=O)c1ccc(Cl)cc1. The number of sulfone groups is 2. The first-order valence-electron chi connectivity index (χ1n) is 5.63. The Morgan fingerprint density at radius 2 is 1.79 bits per heavy atom. The molecule has 1 aromatic carbocycles. The first-order chi connectivity index (χ1) is 8.76. The van der Waals surface area contributed by atoms with Crippen LogP contribution < -0.4 is 5.32 Å². The monoisotopic (exact) mass is 323 g/mol.